The highest BCUT2D eigenvalue weighted by Gasteiger charge is 2.15. The molecule has 2 aromatic carbocycles. The largest absolute Gasteiger partial charge is 0.506 e. The van der Waals surface area contributed by atoms with Gasteiger partial charge in [0.15, 0.2) is 0 Å². The van der Waals surface area contributed by atoms with E-state index in [9.17, 15) is 18.3 Å². The average Bonchev–Trinajstić information content (AvgIpc) is 2.49. The first-order valence-corrected chi connectivity index (χ1v) is 7.60. The zero-order valence-corrected chi connectivity index (χ0v) is 11.8. The number of nitrogens with one attached hydrogen (secondary N) is 2. The van der Waals surface area contributed by atoms with Crippen LogP contribution in [-0.2, 0) is 14.8 Å². The molecule has 6 nitrogen and oxygen atoms in total. The molecular weight excluding hydrogens is 292 g/mol. The number of hydrogen-bond donors (Lipinski definition) is 3. The standard InChI is InChI=1S/C14H14N2O4S/c17-13-9-5-4-8-12(13)16-14(18)10-15-21(19,20)11-6-2-1-3-7-11/h1-9,15,17H,10H2,(H,16,18). The van der Waals surface area contributed by atoms with Crippen molar-refractivity contribution in [2.75, 3.05) is 11.9 Å². The lowest BCUT2D eigenvalue weighted by Gasteiger charge is -2.08. The predicted octanol–water partition coefficient (Wildman–Crippen LogP) is 1.31. The number of phenolic OH excluding ortho intramolecular Hbond substituents is 1. The van der Waals surface area contributed by atoms with Crippen molar-refractivity contribution in [1.29, 1.82) is 0 Å². The Kier molecular flexibility index (Phi) is 4.56. The quantitative estimate of drug-likeness (QED) is 0.726. The number of rotatable bonds is 5. The third-order valence-electron chi connectivity index (χ3n) is 2.65. The van der Waals surface area contributed by atoms with Gasteiger partial charge in [-0.25, -0.2) is 13.1 Å². The SMILES string of the molecule is O=C(CNS(=O)(=O)c1ccccc1)Nc1ccccc1O. The Balaban J connectivity index is 1.97. The smallest absolute Gasteiger partial charge is 0.241 e. The van der Waals surface area contributed by atoms with Crippen molar-refractivity contribution in [2.24, 2.45) is 0 Å². The van der Waals surface area contributed by atoms with Crippen LogP contribution in [0, 0.1) is 0 Å². The van der Waals surface area contributed by atoms with Crippen LogP contribution in [0.3, 0.4) is 0 Å². The Morgan fingerprint density at radius 3 is 2.29 bits per heavy atom. The van der Waals surface area contributed by atoms with Crippen LogP contribution >= 0.6 is 0 Å². The average molecular weight is 306 g/mol. The lowest BCUT2D eigenvalue weighted by molar-refractivity contribution is -0.115. The van der Waals surface area contributed by atoms with E-state index in [1.54, 1.807) is 30.3 Å². The molecular formula is C14H14N2O4S. The number of amides is 1. The van der Waals surface area contributed by atoms with Crippen LogP contribution < -0.4 is 10.0 Å². The van der Waals surface area contributed by atoms with Crippen LogP contribution in [0.15, 0.2) is 59.5 Å². The van der Waals surface area contributed by atoms with Crippen molar-refractivity contribution in [2.45, 2.75) is 4.90 Å². The van der Waals surface area contributed by atoms with Crippen LogP contribution in [0.2, 0.25) is 0 Å². The molecule has 0 aliphatic rings. The summed E-state index contributed by atoms with van der Waals surface area (Å²) < 4.78 is 26.0. The van der Waals surface area contributed by atoms with E-state index in [-0.39, 0.29) is 16.3 Å². The molecule has 110 valence electrons. The summed E-state index contributed by atoms with van der Waals surface area (Å²) in [6.45, 7) is -0.425. The molecule has 0 aliphatic carbocycles. The summed E-state index contributed by atoms with van der Waals surface area (Å²) in [5.74, 6) is -0.659. The molecule has 0 aromatic heterocycles. The molecule has 0 unspecified atom stereocenters. The Hall–Kier alpha value is -2.38. The van der Waals surface area contributed by atoms with Gasteiger partial charge in [-0.2, -0.15) is 0 Å². The van der Waals surface area contributed by atoms with Gasteiger partial charge in [0.2, 0.25) is 15.9 Å². The number of para-hydroxylation sites is 2. The molecule has 0 spiro atoms. The summed E-state index contributed by atoms with van der Waals surface area (Å²) in [5.41, 5.74) is 0.224. The fourth-order valence-corrected chi connectivity index (χ4v) is 2.62. The van der Waals surface area contributed by atoms with E-state index in [0.29, 0.717) is 0 Å². The van der Waals surface area contributed by atoms with Crippen molar-refractivity contribution in [1.82, 2.24) is 4.72 Å². The maximum atomic E-state index is 11.9. The molecule has 0 atom stereocenters. The summed E-state index contributed by atoms with van der Waals surface area (Å²) in [4.78, 5) is 11.8. The fourth-order valence-electron chi connectivity index (χ4n) is 1.62. The molecule has 0 fully saturated rings. The van der Waals surface area contributed by atoms with Crippen LogP contribution in [0.5, 0.6) is 5.75 Å². The monoisotopic (exact) mass is 306 g/mol. The zero-order valence-electron chi connectivity index (χ0n) is 11.0. The van der Waals surface area contributed by atoms with Gasteiger partial charge in [-0.1, -0.05) is 30.3 Å². The van der Waals surface area contributed by atoms with E-state index < -0.39 is 22.5 Å². The van der Waals surface area contributed by atoms with Gasteiger partial charge in [-0.05, 0) is 24.3 Å². The van der Waals surface area contributed by atoms with E-state index in [0.717, 1.165) is 0 Å². The summed E-state index contributed by atoms with van der Waals surface area (Å²) in [7, 11) is -3.73. The Bertz CT molecular complexity index is 730. The Morgan fingerprint density at radius 1 is 1.00 bits per heavy atom. The van der Waals surface area contributed by atoms with Crippen molar-refractivity contribution in [3.63, 3.8) is 0 Å². The first kappa shape index (κ1) is 15.0. The zero-order chi connectivity index (χ0) is 15.3. The number of carbonyl (C=O) groups is 1. The van der Waals surface area contributed by atoms with Gasteiger partial charge < -0.3 is 10.4 Å². The molecule has 0 bridgehead atoms. The molecule has 0 heterocycles. The lowest BCUT2D eigenvalue weighted by Crippen LogP contribution is -2.32. The second kappa shape index (κ2) is 6.38. The van der Waals surface area contributed by atoms with Crippen molar-refractivity contribution in [3.8, 4) is 5.75 Å². The number of carbonyl (C=O) groups excluding carboxylic acids is 1. The molecule has 0 saturated carbocycles. The Morgan fingerprint density at radius 2 is 1.62 bits per heavy atom. The molecule has 21 heavy (non-hydrogen) atoms. The molecule has 2 aromatic rings. The molecule has 1 amide bonds. The van der Waals surface area contributed by atoms with E-state index >= 15 is 0 Å². The first-order chi connectivity index (χ1) is 9.99. The second-order valence-corrected chi connectivity index (χ2v) is 5.97. The number of phenols is 1. The molecule has 2 rings (SSSR count). The third kappa shape index (κ3) is 4.04. The molecule has 0 radical (unpaired) electrons. The Labute approximate surface area is 122 Å². The van der Waals surface area contributed by atoms with Gasteiger partial charge in [-0.15, -0.1) is 0 Å². The third-order valence-corrected chi connectivity index (χ3v) is 4.07. The number of aromatic hydroxyl groups is 1. The van der Waals surface area contributed by atoms with Crippen molar-refractivity contribution < 1.29 is 18.3 Å². The summed E-state index contributed by atoms with van der Waals surface area (Å²) >= 11 is 0. The van der Waals surface area contributed by atoms with E-state index in [2.05, 4.69) is 10.0 Å². The van der Waals surface area contributed by atoms with Gasteiger partial charge in [-0.3, -0.25) is 4.79 Å². The van der Waals surface area contributed by atoms with E-state index in [1.807, 2.05) is 0 Å². The molecule has 3 N–H and O–H groups in total. The number of benzene rings is 2. The number of hydrogen-bond acceptors (Lipinski definition) is 4. The predicted molar refractivity (Wildman–Crippen MR) is 78.4 cm³/mol. The minimum Gasteiger partial charge on any atom is -0.506 e. The molecule has 0 aliphatic heterocycles. The van der Waals surface area contributed by atoms with Gasteiger partial charge in [0.25, 0.3) is 0 Å². The number of sulfonamides is 1. The summed E-state index contributed by atoms with van der Waals surface area (Å²) in [5, 5.41) is 11.9. The van der Waals surface area contributed by atoms with Crippen molar-refractivity contribution >= 4 is 21.6 Å². The summed E-state index contributed by atoms with van der Waals surface area (Å²) in [6.07, 6.45) is 0. The first-order valence-electron chi connectivity index (χ1n) is 6.11. The maximum absolute atomic E-state index is 11.9. The van der Waals surface area contributed by atoms with Crippen molar-refractivity contribution in [3.05, 3.63) is 54.6 Å². The highest BCUT2D eigenvalue weighted by Crippen LogP contribution is 2.21. The van der Waals surface area contributed by atoms with E-state index in [4.69, 9.17) is 0 Å². The molecule has 0 saturated heterocycles. The van der Waals surface area contributed by atoms with Gasteiger partial charge >= 0.3 is 0 Å². The van der Waals surface area contributed by atoms with Crippen LogP contribution in [-0.4, -0.2) is 26.0 Å². The van der Waals surface area contributed by atoms with Gasteiger partial charge in [0.05, 0.1) is 17.1 Å². The van der Waals surface area contributed by atoms with Crippen LogP contribution in [0.25, 0.3) is 0 Å². The highest BCUT2D eigenvalue weighted by molar-refractivity contribution is 7.89. The molecule has 7 heteroatoms. The fraction of sp³-hybridized carbons (Fsp3) is 0.0714. The van der Waals surface area contributed by atoms with Gasteiger partial charge in [0, 0.05) is 0 Å². The topological polar surface area (TPSA) is 95.5 Å². The minimum absolute atomic E-state index is 0.0837. The van der Waals surface area contributed by atoms with Crippen LogP contribution in [0.4, 0.5) is 5.69 Å². The van der Waals surface area contributed by atoms with Crippen LogP contribution in [0.1, 0.15) is 0 Å². The van der Waals surface area contributed by atoms with E-state index in [1.165, 1.54) is 24.3 Å². The normalized spacial score (nSPS) is 11.0. The highest BCUT2D eigenvalue weighted by atomic mass is 32.2. The van der Waals surface area contributed by atoms with Gasteiger partial charge in [0.1, 0.15) is 5.75 Å². The summed E-state index contributed by atoms with van der Waals surface area (Å²) in [6, 6.07) is 13.9. The number of anilines is 1. The second-order valence-electron chi connectivity index (χ2n) is 4.20. The minimum atomic E-state index is -3.73. The maximum Gasteiger partial charge on any atom is 0.241 e. The lowest BCUT2D eigenvalue weighted by atomic mass is 10.3.